The number of ether oxygens (including phenoxy) is 1. The van der Waals surface area contributed by atoms with E-state index in [1.54, 1.807) is 42.7 Å². The van der Waals surface area contributed by atoms with Crippen LogP contribution >= 0.6 is 0 Å². The van der Waals surface area contributed by atoms with E-state index in [0.29, 0.717) is 29.4 Å². The Morgan fingerprint density at radius 1 is 0.964 bits per heavy atom. The minimum absolute atomic E-state index is 0.0177. The van der Waals surface area contributed by atoms with E-state index in [0.717, 1.165) is 16.7 Å². The summed E-state index contributed by atoms with van der Waals surface area (Å²) in [7, 11) is 0. The molecule has 0 aliphatic rings. The number of hydrogen-bond donors (Lipinski definition) is 0. The van der Waals surface area contributed by atoms with E-state index in [4.69, 9.17) is 4.74 Å². The number of nitrogens with zero attached hydrogens (tertiary/aromatic N) is 5. The molecule has 0 unspecified atom stereocenters. The third-order valence-corrected chi connectivity index (χ3v) is 4.12. The molecule has 0 N–H and O–H groups in total. The van der Waals surface area contributed by atoms with Crippen LogP contribution in [0.3, 0.4) is 0 Å². The highest BCUT2D eigenvalue weighted by molar-refractivity contribution is 5.75. The van der Waals surface area contributed by atoms with Gasteiger partial charge in [-0.1, -0.05) is 6.92 Å². The van der Waals surface area contributed by atoms with Crippen molar-refractivity contribution < 1.29 is 9.66 Å². The summed E-state index contributed by atoms with van der Waals surface area (Å²) in [4.78, 5) is 27.9. The average Bonchev–Trinajstić information content (AvgIpc) is 2.73. The lowest BCUT2D eigenvalue weighted by atomic mass is 10.2. The first-order chi connectivity index (χ1) is 13.6. The standard InChI is InChI=1S/C20H15N5O3/c1-2-14-11-19(28-16-7-8-17-18(12-16)22-10-9-21-17)24-20(23-14)13-3-5-15(6-4-13)25(26)27/h3-12H,2H2,1H3. The van der Waals surface area contributed by atoms with Crippen LogP contribution in [0.4, 0.5) is 5.69 Å². The molecule has 2 heterocycles. The van der Waals surface area contributed by atoms with Gasteiger partial charge in [0.1, 0.15) is 5.75 Å². The highest BCUT2D eigenvalue weighted by Gasteiger charge is 2.11. The second kappa shape index (κ2) is 7.36. The Kier molecular flexibility index (Phi) is 4.59. The fourth-order valence-electron chi connectivity index (χ4n) is 2.69. The summed E-state index contributed by atoms with van der Waals surface area (Å²) >= 11 is 0. The van der Waals surface area contributed by atoms with E-state index in [2.05, 4.69) is 19.9 Å². The minimum Gasteiger partial charge on any atom is -0.439 e. The van der Waals surface area contributed by atoms with Crippen molar-refractivity contribution in [2.45, 2.75) is 13.3 Å². The van der Waals surface area contributed by atoms with Gasteiger partial charge in [0.2, 0.25) is 5.88 Å². The zero-order chi connectivity index (χ0) is 19.5. The summed E-state index contributed by atoms with van der Waals surface area (Å²) in [5.41, 5.74) is 3.00. The summed E-state index contributed by atoms with van der Waals surface area (Å²) in [5.74, 6) is 1.43. The van der Waals surface area contributed by atoms with Crippen molar-refractivity contribution in [1.29, 1.82) is 0 Å². The number of hydrogen-bond acceptors (Lipinski definition) is 7. The van der Waals surface area contributed by atoms with Gasteiger partial charge in [-0.25, -0.2) is 4.98 Å². The zero-order valence-electron chi connectivity index (χ0n) is 14.9. The van der Waals surface area contributed by atoms with Gasteiger partial charge < -0.3 is 4.74 Å². The summed E-state index contributed by atoms with van der Waals surface area (Å²) in [6.45, 7) is 1.98. The molecule has 8 heteroatoms. The molecule has 0 radical (unpaired) electrons. The van der Waals surface area contributed by atoms with Crippen molar-refractivity contribution in [3.63, 3.8) is 0 Å². The molecule has 0 saturated carbocycles. The van der Waals surface area contributed by atoms with Crippen LogP contribution in [0.5, 0.6) is 11.6 Å². The molecule has 0 amide bonds. The molecule has 0 spiro atoms. The largest absolute Gasteiger partial charge is 0.439 e. The van der Waals surface area contributed by atoms with Crippen molar-refractivity contribution in [2.75, 3.05) is 0 Å². The molecule has 4 rings (SSSR count). The van der Waals surface area contributed by atoms with Gasteiger partial charge in [0, 0.05) is 47.9 Å². The quantitative estimate of drug-likeness (QED) is 0.378. The number of nitro benzene ring substituents is 1. The van der Waals surface area contributed by atoms with Crippen LogP contribution < -0.4 is 4.74 Å². The van der Waals surface area contributed by atoms with E-state index in [1.807, 2.05) is 13.0 Å². The first-order valence-corrected chi connectivity index (χ1v) is 8.64. The molecule has 28 heavy (non-hydrogen) atoms. The summed E-state index contributed by atoms with van der Waals surface area (Å²) in [6.07, 6.45) is 3.96. The van der Waals surface area contributed by atoms with Crippen molar-refractivity contribution in [2.24, 2.45) is 0 Å². The molecule has 0 fully saturated rings. The first-order valence-electron chi connectivity index (χ1n) is 8.64. The van der Waals surface area contributed by atoms with Crippen molar-refractivity contribution in [3.05, 3.63) is 76.7 Å². The molecule has 0 atom stereocenters. The number of aromatic nitrogens is 4. The van der Waals surface area contributed by atoms with Gasteiger partial charge in [0.05, 0.1) is 16.0 Å². The Labute approximate surface area is 160 Å². The third-order valence-electron chi connectivity index (χ3n) is 4.12. The van der Waals surface area contributed by atoms with Crippen LogP contribution in [0.15, 0.2) is 60.9 Å². The zero-order valence-corrected chi connectivity index (χ0v) is 14.9. The number of aryl methyl sites for hydroxylation is 1. The Morgan fingerprint density at radius 2 is 1.71 bits per heavy atom. The minimum atomic E-state index is -0.440. The fraction of sp³-hybridized carbons (Fsp3) is 0.100. The van der Waals surface area contributed by atoms with Gasteiger partial charge in [0.25, 0.3) is 5.69 Å². The van der Waals surface area contributed by atoms with Gasteiger partial charge in [0.15, 0.2) is 5.82 Å². The third kappa shape index (κ3) is 3.61. The van der Waals surface area contributed by atoms with Crippen molar-refractivity contribution in [1.82, 2.24) is 19.9 Å². The van der Waals surface area contributed by atoms with Crippen LogP contribution in [0, 0.1) is 10.1 Å². The first kappa shape index (κ1) is 17.5. The number of nitro groups is 1. The highest BCUT2D eigenvalue weighted by atomic mass is 16.6. The number of non-ortho nitro benzene ring substituents is 1. The van der Waals surface area contributed by atoms with E-state index < -0.39 is 4.92 Å². The molecule has 4 aromatic rings. The molecule has 8 nitrogen and oxygen atoms in total. The average molecular weight is 373 g/mol. The lowest BCUT2D eigenvalue weighted by Crippen LogP contribution is -1.98. The van der Waals surface area contributed by atoms with Crippen LogP contribution in [-0.4, -0.2) is 24.9 Å². The van der Waals surface area contributed by atoms with Crippen molar-refractivity contribution in [3.8, 4) is 23.0 Å². The molecule has 0 aliphatic carbocycles. The Bertz CT molecular complexity index is 1160. The van der Waals surface area contributed by atoms with Crippen LogP contribution in [-0.2, 0) is 6.42 Å². The van der Waals surface area contributed by atoms with Gasteiger partial charge in [-0.3, -0.25) is 20.1 Å². The predicted octanol–water partition coefficient (Wildman–Crippen LogP) is 4.35. The maximum atomic E-state index is 10.8. The lowest BCUT2D eigenvalue weighted by molar-refractivity contribution is -0.384. The molecule has 0 saturated heterocycles. The lowest BCUT2D eigenvalue weighted by Gasteiger charge is -2.09. The van der Waals surface area contributed by atoms with Crippen LogP contribution in [0.2, 0.25) is 0 Å². The van der Waals surface area contributed by atoms with E-state index in [9.17, 15) is 10.1 Å². The molecule has 0 bridgehead atoms. The van der Waals surface area contributed by atoms with Crippen molar-refractivity contribution >= 4 is 16.7 Å². The highest BCUT2D eigenvalue weighted by Crippen LogP contribution is 2.26. The maximum absolute atomic E-state index is 10.8. The molecular weight excluding hydrogens is 358 g/mol. The van der Waals surface area contributed by atoms with E-state index >= 15 is 0 Å². The Hall–Kier alpha value is -3.94. The SMILES string of the molecule is CCc1cc(Oc2ccc3nccnc3c2)nc(-c2ccc([N+](=O)[O-])cc2)n1. The molecule has 2 aromatic heterocycles. The van der Waals surface area contributed by atoms with Gasteiger partial charge in [-0.15, -0.1) is 0 Å². The Balaban J connectivity index is 1.68. The molecular formula is C20H15N5O3. The predicted molar refractivity (Wildman–Crippen MR) is 103 cm³/mol. The summed E-state index contributed by atoms with van der Waals surface area (Å²) < 4.78 is 5.93. The Morgan fingerprint density at radius 3 is 2.43 bits per heavy atom. The second-order valence-corrected chi connectivity index (χ2v) is 5.99. The van der Waals surface area contributed by atoms with Gasteiger partial charge in [-0.2, -0.15) is 4.98 Å². The normalized spacial score (nSPS) is 10.8. The molecule has 0 aliphatic heterocycles. The fourth-order valence-corrected chi connectivity index (χ4v) is 2.69. The van der Waals surface area contributed by atoms with Gasteiger partial charge in [-0.05, 0) is 30.7 Å². The topological polar surface area (TPSA) is 104 Å². The number of fused-ring (bicyclic) bond motifs is 1. The maximum Gasteiger partial charge on any atom is 0.269 e. The van der Waals surface area contributed by atoms with E-state index in [1.165, 1.54) is 12.1 Å². The number of benzene rings is 2. The molecule has 138 valence electrons. The monoisotopic (exact) mass is 373 g/mol. The van der Waals surface area contributed by atoms with Gasteiger partial charge >= 0.3 is 0 Å². The second-order valence-electron chi connectivity index (χ2n) is 5.99. The number of rotatable bonds is 5. The van der Waals surface area contributed by atoms with E-state index in [-0.39, 0.29) is 5.69 Å². The summed E-state index contributed by atoms with van der Waals surface area (Å²) in [6, 6.07) is 13.3. The smallest absolute Gasteiger partial charge is 0.269 e. The van der Waals surface area contributed by atoms with Crippen LogP contribution in [0.1, 0.15) is 12.6 Å². The van der Waals surface area contributed by atoms with Crippen LogP contribution in [0.25, 0.3) is 22.4 Å². The molecule has 2 aromatic carbocycles. The summed E-state index contributed by atoms with van der Waals surface area (Å²) in [5, 5.41) is 10.8.